The molecular weight excluding hydrogens is 790 g/mol. The van der Waals surface area contributed by atoms with Crippen LogP contribution in [0.1, 0.15) is 11.1 Å². The van der Waals surface area contributed by atoms with Gasteiger partial charge in [-0.25, -0.2) is 4.85 Å². The van der Waals surface area contributed by atoms with E-state index in [4.69, 9.17) is 6.57 Å². The van der Waals surface area contributed by atoms with Crippen LogP contribution in [0.2, 0.25) is 0 Å². The fraction of sp³-hybridized carbons (Fsp3) is 0.0196. The van der Waals surface area contributed by atoms with Gasteiger partial charge in [0.25, 0.3) is 0 Å². The smallest absolute Gasteiger partial charge is 0.307 e. The highest BCUT2D eigenvalue weighted by Crippen LogP contribution is 2.49. The summed E-state index contributed by atoms with van der Waals surface area (Å²) in [7, 11) is 0. The van der Waals surface area contributed by atoms with Crippen LogP contribution >= 0.6 is 22.7 Å². The van der Waals surface area contributed by atoms with Crippen molar-refractivity contribution in [1.29, 1.82) is 5.26 Å². The highest BCUT2D eigenvalue weighted by Gasteiger charge is 2.35. The van der Waals surface area contributed by atoms with E-state index in [0.717, 1.165) is 90.0 Å². The number of aromatic nitrogens is 2. The number of rotatable bonds is 3. The lowest BCUT2D eigenvalue weighted by Crippen LogP contribution is -2.09. The fourth-order valence-electron chi connectivity index (χ4n) is 9.43. The lowest BCUT2D eigenvalue weighted by atomic mass is 9.94. The van der Waals surface area contributed by atoms with E-state index in [1.807, 2.05) is 72.8 Å². The Morgan fingerprint density at radius 3 is 1.50 bits per heavy atom. The molecule has 0 saturated heterocycles. The van der Waals surface area contributed by atoms with Gasteiger partial charge in [0.15, 0.2) is 5.69 Å². The number of halogens is 3. The summed E-state index contributed by atoms with van der Waals surface area (Å²) in [6, 6.07) is 50.5. The Bertz CT molecular complexity index is 3710. The van der Waals surface area contributed by atoms with Gasteiger partial charge in [0.05, 0.1) is 45.6 Å². The van der Waals surface area contributed by atoms with Crippen LogP contribution in [-0.2, 0) is 6.18 Å². The van der Waals surface area contributed by atoms with Crippen molar-refractivity contribution in [2.45, 2.75) is 6.18 Å². The molecular formula is C51H25F3N4S2. The molecule has 0 aliphatic heterocycles. The molecule has 0 fully saturated rings. The first-order valence-corrected chi connectivity index (χ1v) is 20.8. The number of hydrogen-bond donors (Lipinski definition) is 0. The zero-order chi connectivity index (χ0) is 40.4. The molecule has 0 bridgehead atoms. The number of alkyl halides is 3. The van der Waals surface area contributed by atoms with Crippen LogP contribution in [0.5, 0.6) is 0 Å². The predicted molar refractivity (Wildman–Crippen MR) is 242 cm³/mol. The molecule has 8 aromatic carbocycles. The van der Waals surface area contributed by atoms with Crippen molar-refractivity contribution in [3.63, 3.8) is 0 Å². The Labute approximate surface area is 347 Å². The van der Waals surface area contributed by atoms with Crippen LogP contribution in [0, 0.1) is 17.9 Å². The SMILES string of the molecule is [C-]#[N+]c1cccc(C(F)(F)F)c1-c1cc(-n2c3ccccc3c3ccc4sc5ccccc5c4c32)c(C#N)c(-n2c3ccccc3c3ccc4sc5ccccc5c4c32)c1. The van der Waals surface area contributed by atoms with Gasteiger partial charge < -0.3 is 9.13 Å². The number of nitrogens with zero attached hydrogens (tertiary/aromatic N) is 4. The van der Waals surface area contributed by atoms with Crippen molar-refractivity contribution in [3.8, 4) is 28.6 Å². The molecule has 0 spiro atoms. The van der Waals surface area contributed by atoms with Crippen LogP contribution in [0.25, 0.3) is 111 Å². The molecule has 0 aliphatic rings. The summed E-state index contributed by atoms with van der Waals surface area (Å²) < 4.78 is 54.0. The summed E-state index contributed by atoms with van der Waals surface area (Å²) in [5.74, 6) is 0. The molecule has 4 aromatic heterocycles. The van der Waals surface area contributed by atoms with E-state index < -0.39 is 11.7 Å². The molecule has 0 atom stereocenters. The quantitative estimate of drug-likeness (QED) is 0.164. The number of benzene rings is 8. The Morgan fingerprint density at radius 2 is 1.02 bits per heavy atom. The highest BCUT2D eigenvalue weighted by molar-refractivity contribution is 7.26. The van der Waals surface area contributed by atoms with E-state index in [9.17, 15) is 5.26 Å². The Hall–Kier alpha value is -7.43. The molecule has 12 aromatic rings. The van der Waals surface area contributed by atoms with Crippen molar-refractivity contribution in [1.82, 2.24) is 9.13 Å². The average molecular weight is 815 g/mol. The Morgan fingerprint density at radius 1 is 0.533 bits per heavy atom. The number of thiophene rings is 2. The number of para-hydroxylation sites is 2. The molecule has 0 amide bonds. The summed E-state index contributed by atoms with van der Waals surface area (Å²) in [5.41, 5.74) is 3.34. The zero-order valence-corrected chi connectivity index (χ0v) is 32.8. The van der Waals surface area contributed by atoms with Gasteiger partial charge in [-0.1, -0.05) is 103 Å². The monoisotopic (exact) mass is 814 g/mol. The van der Waals surface area contributed by atoms with E-state index in [1.54, 1.807) is 34.8 Å². The third-order valence-electron chi connectivity index (χ3n) is 11.8. The molecule has 0 unspecified atom stereocenters. The molecule has 0 radical (unpaired) electrons. The van der Waals surface area contributed by atoms with Crippen LogP contribution < -0.4 is 0 Å². The Kier molecular flexibility index (Phi) is 7.23. The van der Waals surface area contributed by atoms with Gasteiger partial charge in [-0.3, -0.25) is 0 Å². The summed E-state index contributed by atoms with van der Waals surface area (Å²) in [5, 5.41) is 19.5. The standard InChI is InChI=1S/C51H25F3N4S2/c1-56-37-16-10-15-36(51(52,53)54)46(37)28-25-40(57-38-17-6-2-11-29(38)31-21-23-44-47(49(31)57)33-13-4-8-19-42(33)59-44)35(27-55)41(26-28)58-39-18-7-3-12-30(39)32-22-24-45-48(50(32)58)34-14-5-9-20-43(34)60-45/h2-26H. The molecule has 0 N–H and O–H groups in total. The lowest BCUT2D eigenvalue weighted by Gasteiger charge is -2.21. The number of hydrogen-bond acceptors (Lipinski definition) is 3. The highest BCUT2D eigenvalue weighted by atomic mass is 32.1. The third kappa shape index (κ3) is 4.70. The van der Waals surface area contributed by atoms with E-state index in [0.29, 0.717) is 11.4 Å². The van der Waals surface area contributed by atoms with Crippen molar-refractivity contribution in [3.05, 3.63) is 174 Å². The minimum atomic E-state index is -4.77. The molecule has 4 nitrogen and oxygen atoms in total. The van der Waals surface area contributed by atoms with Crippen molar-refractivity contribution < 1.29 is 13.2 Å². The molecule has 4 heterocycles. The molecule has 12 rings (SSSR count). The fourth-order valence-corrected chi connectivity index (χ4v) is 11.6. The van der Waals surface area contributed by atoms with Gasteiger partial charge >= 0.3 is 6.18 Å². The van der Waals surface area contributed by atoms with Crippen LogP contribution in [0.4, 0.5) is 18.9 Å². The predicted octanol–water partition coefficient (Wildman–Crippen LogP) is 15.7. The topological polar surface area (TPSA) is 38.0 Å². The maximum atomic E-state index is 15.2. The van der Waals surface area contributed by atoms with E-state index >= 15 is 13.2 Å². The Balaban J connectivity index is 1.34. The second-order valence-corrected chi connectivity index (χ2v) is 17.0. The largest absolute Gasteiger partial charge is 0.415 e. The summed E-state index contributed by atoms with van der Waals surface area (Å²) in [6.45, 7) is 8.13. The van der Waals surface area contributed by atoms with Crippen LogP contribution in [-0.4, -0.2) is 9.13 Å². The van der Waals surface area contributed by atoms with Crippen molar-refractivity contribution >= 4 is 112 Å². The van der Waals surface area contributed by atoms with Gasteiger partial charge in [0.1, 0.15) is 11.6 Å². The first kappa shape index (κ1) is 34.6. The van der Waals surface area contributed by atoms with Gasteiger partial charge in [-0.05, 0) is 59.7 Å². The number of fused-ring (bicyclic) bond motifs is 14. The normalized spacial score (nSPS) is 12.2. The maximum Gasteiger partial charge on any atom is 0.415 e. The molecule has 0 aliphatic carbocycles. The maximum absolute atomic E-state index is 15.2. The van der Waals surface area contributed by atoms with Gasteiger partial charge in [0, 0.05) is 61.9 Å². The van der Waals surface area contributed by atoms with Gasteiger partial charge in [-0.15, -0.1) is 22.7 Å². The minimum Gasteiger partial charge on any atom is -0.307 e. The van der Waals surface area contributed by atoms with E-state index in [2.05, 4.69) is 68.6 Å². The average Bonchev–Trinajstić information content (AvgIpc) is 4.02. The zero-order valence-electron chi connectivity index (χ0n) is 31.2. The van der Waals surface area contributed by atoms with Crippen molar-refractivity contribution in [2.75, 3.05) is 0 Å². The second-order valence-electron chi connectivity index (χ2n) is 14.9. The first-order chi connectivity index (χ1) is 29.3. The van der Waals surface area contributed by atoms with Crippen LogP contribution in [0.15, 0.2) is 152 Å². The summed E-state index contributed by atoms with van der Waals surface area (Å²) in [4.78, 5) is 3.66. The van der Waals surface area contributed by atoms with Crippen molar-refractivity contribution in [2.24, 2.45) is 0 Å². The van der Waals surface area contributed by atoms with Crippen LogP contribution in [0.3, 0.4) is 0 Å². The lowest BCUT2D eigenvalue weighted by molar-refractivity contribution is -0.137. The minimum absolute atomic E-state index is 0.131. The molecule has 60 heavy (non-hydrogen) atoms. The van der Waals surface area contributed by atoms with Gasteiger partial charge in [-0.2, -0.15) is 18.4 Å². The van der Waals surface area contributed by atoms with Gasteiger partial charge in [0.2, 0.25) is 0 Å². The molecule has 9 heteroatoms. The summed E-state index contributed by atoms with van der Waals surface area (Å²) >= 11 is 3.35. The number of nitriles is 1. The van der Waals surface area contributed by atoms with E-state index in [-0.39, 0.29) is 22.4 Å². The van der Waals surface area contributed by atoms with E-state index in [1.165, 1.54) is 12.1 Å². The molecule has 282 valence electrons. The second kappa shape index (κ2) is 12.5. The third-order valence-corrected chi connectivity index (χ3v) is 14.1. The molecule has 0 saturated carbocycles. The summed E-state index contributed by atoms with van der Waals surface area (Å²) in [6.07, 6.45) is -4.77. The first-order valence-electron chi connectivity index (χ1n) is 19.2.